The molecule has 2 aromatic rings. The van der Waals surface area contributed by atoms with Gasteiger partial charge in [-0.05, 0) is 54.7 Å². The van der Waals surface area contributed by atoms with Gasteiger partial charge in [0.1, 0.15) is 4.90 Å². The molecule has 36 heavy (non-hydrogen) atoms. The zero-order valence-electron chi connectivity index (χ0n) is 20.9. The number of piperazine rings is 1. The van der Waals surface area contributed by atoms with Crippen LogP contribution in [0.4, 0.5) is 5.69 Å². The number of benzene rings is 2. The smallest absolute Gasteiger partial charge is 0.242 e. The van der Waals surface area contributed by atoms with Gasteiger partial charge in [0.25, 0.3) is 0 Å². The number of fused-ring (bicyclic) bond motifs is 1. The molecule has 2 aliphatic rings. The standard InChI is InChI=1S/C26H35ClN4O4S/c1-3-19(2)29-26(32)17-30-9-11-31(12-10-30)24-7-6-23(27)15-25(24)36(33,34)28-16-20-4-5-21-8-13-35-18-22(21)14-20/h4-7,14-15,19,28H,3,8-13,16-18H2,1-2H3,(H,29,32). The summed E-state index contributed by atoms with van der Waals surface area (Å²) in [4.78, 5) is 16.6. The summed E-state index contributed by atoms with van der Waals surface area (Å²) in [7, 11) is -3.82. The van der Waals surface area contributed by atoms with Crippen LogP contribution in [0.2, 0.25) is 5.02 Å². The zero-order valence-corrected chi connectivity index (χ0v) is 22.5. The zero-order chi connectivity index (χ0) is 25.7. The van der Waals surface area contributed by atoms with Crippen LogP contribution in [0, 0.1) is 0 Å². The van der Waals surface area contributed by atoms with Crippen molar-refractivity contribution in [3.05, 3.63) is 58.1 Å². The fourth-order valence-electron chi connectivity index (χ4n) is 4.52. The van der Waals surface area contributed by atoms with Crippen LogP contribution in [0.15, 0.2) is 41.3 Å². The molecule has 2 heterocycles. The molecule has 0 saturated carbocycles. The third kappa shape index (κ3) is 6.77. The molecular weight excluding hydrogens is 500 g/mol. The van der Waals surface area contributed by atoms with Crippen molar-refractivity contribution in [1.82, 2.24) is 14.9 Å². The topological polar surface area (TPSA) is 91.0 Å². The van der Waals surface area contributed by atoms with Gasteiger partial charge in [-0.25, -0.2) is 13.1 Å². The Kier molecular flexibility index (Phi) is 8.90. The lowest BCUT2D eigenvalue weighted by Crippen LogP contribution is -2.50. The van der Waals surface area contributed by atoms with Gasteiger partial charge in [-0.1, -0.05) is 36.7 Å². The van der Waals surface area contributed by atoms with E-state index in [0.717, 1.165) is 30.6 Å². The quantitative estimate of drug-likeness (QED) is 0.514. The Hall–Kier alpha value is -2.17. The van der Waals surface area contributed by atoms with E-state index in [9.17, 15) is 13.2 Å². The molecule has 1 unspecified atom stereocenters. The molecule has 0 radical (unpaired) electrons. The average Bonchev–Trinajstić information content (AvgIpc) is 2.87. The van der Waals surface area contributed by atoms with Gasteiger partial charge in [0, 0.05) is 43.8 Å². The van der Waals surface area contributed by atoms with E-state index in [0.29, 0.717) is 50.0 Å². The van der Waals surface area contributed by atoms with Crippen LogP contribution in [0.25, 0.3) is 0 Å². The Labute approximate surface area is 219 Å². The van der Waals surface area contributed by atoms with E-state index in [1.807, 2.05) is 30.9 Å². The van der Waals surface area contributed by atoms with E-state index in [-0.39, 0.29) is 23.4 Å². The van der Waals surface area contributed by atoms with Crippen molar-refractivity contribution in [3.63, 3.8) is 0 Å². The Balaban J connectivity index is 1.42. The number of anilines is 1. The largest absolute Gasteiger partial charge is 0.376 e. The second-order valence-electron chi connectivity index (χ2n) is 9.48. The first-order chi connectivity index (χ1) is 17.2. The number of carbonyl (C=O) groups excluding carboxylic acids is 1. The molecule has 1 atom stereocenters. The van der Waals surface area contributed by atoms with Crippen molar-refractivity contribution in [2.75, 3.05) is 44.2 Å². The molecular formula is C26H35ClN4O4S. The maximum absolute atomic E-state index is 13.4. The van der Waals surface area contributed by atoms with Gasteiger partial charge in [-0.3, -0.25) is 9.69 Å². The number of halogens is 1. The van der Waals surface area contributed by atoms with Crippen molar-refractivity contribution >= 4 is 33.2 Å². The number of nitrogens with one attached hydrogen (secondary N) is 2. The van der Waals surface area contributed by atoms with E-state index in [1.54, 1.807) is 12.1 Å². The van der Waals surface area contributed by atoms with E-state index in [4.69, 9.17) is 16.3 Å². The maximum atomic E-state index is 13.4. The second kappa shape index (κ2) is 11.9. The molecule has 0 aromatic heterocycles. The third-order valence-electron chi connectivity index (χ3n) is 6.82. The SMILES string of the molecule is CCC(C)NC(=O)CN1CCN(c2ccc(Cl)cc2S(=O)(=O)NCc2ccc3c(c2)COCC3)CC1. The van der Waals surface area contributed by atoms with Gasteiger partial charge in [0.15, 0.2) is 0 Å². The first-order valence-corrected chi connectivity index (χ1v) is 14.4. The fourth-order valence-corrected chi connectivity index (χ4v) is 6.03. The Bertz CT molecular complexity index is 1180. The summed E-state index contributed by atoms with van der Waals surface area (Å²) in [5.74, 6) is 0.0190. The number of hydrogen-bond donors (Lipinski definition) is 2. The minimum atomic E-state index is -3.82. The molecule has 4 rings (SSSR count). The number of ether oxygens (including phenoxy) is 1. The highest BCUT2D eigenvalue weighted by molar-refractivity contribution is 7.89. The van der Waals surface area contributed by atoms with Crippen LogP contribution in [0.5, 0.6) is 0 Å². The van der Waals surface area contributed by atoms with Crippen molar-refractivity contribution < 1.29 is 17.9 Å². The number of nitrogens with zero attached hydrogens (tertiary/aromatic N) is 2. The normalized spacial score (nSPS) is 17.5. The van der Waals surface area contributed by atoms with E-state index < -0.39 is 10.0 Å². The molecule has 2 aromatic carbocycles. The lowest BCUT2D eigenvalue weighted by Gasteiger charge is -2.36. The van der Waals surface area contributed by atoms with Gasteiger partial charge >= 0.3 is 0 Å². The molecule has 2 N–H and O–H groups in total. The fraction of sp³-hybridized carbons (Fsp3) is 0.500. The third-order valence-corrected chi connectivity index (χ3v) is 8.49. The molecule has 2 aliphatic heterocycles. The molecule has 0 spiro atoms. The monoisotopic (exact) mass is 534 g/mol. The molecule has 0 aliphatic carbocycles. The molecule has 1 fully saturated rings. The van der Waals surface area contributed by atoms with Crippen LogP contribution < -0.4 is 14.9 Å². The molecule has 10 heteroatoms. The van der Waals surface area contributed by atoms with Crippen LogP contribution in [-0.4, -0.2) is 64.6 Å². The van der Waals surface area contributed by atoms with Crippen molar-refractivity contribution in [1.29, 1.82) is 0 Å². The van der Waals surface area contributed by atoms with Crippen molar-refractivity contribution in [2.24, 2.45) is 0 Å². The highest BCUT2D eigenvalue weighted by Crippen LogP contribution is 2.29. The second-order valence-corrected chi connectivity index (χ2v) is 11.7. The van der Waals surface area contributed by atoms with Crippen LogP contribution in [0.1, 0.15) is 37.0 Å². The van der Waals surface area contributed by atoms with Gasteiger partial charge in [0.05, 0.1) is 25.4 Å². The summed E-state index contributed by atoms with van der Waals surface area (Å²) in [6.45, 7) is 8.40. The molecule has 8 nitrogen and oxygen atoms in total. The van der Waals surface area contributed by atoms with E-state index in [1.165, 1.54) is 11.6 Å². The predicted molar refractivity (Wildman–Crippen MR) is 142 cm³/mol. The first-order valence-electron chi connectivity index (χ1n) is 12.5. The molecule has 196 valence electrons. The Morgan fingerprint density at radius 3 is 2.64 bits per heavy atom. The van der Waals surface area contributed by atoms with Gasteiger partial charge < -0.3 is 15.0 Å². The van der Waals surface area contributed by atoms with Crippen LogP contribution in [0.3, 0.4) is 0 Å². The number of carbonyl (C=O) groups is 1. The molecule has 0 bridgehead atoms. The van der Waals surface area contributed by atoms with Gasteiger partial charge in [-0.2, -0.15) is 0 Å². The minimum Gasteiger partial charge on any atom is -0.376 e. The number of hydrogen-bond acceptors (Lipinski definition) is 6. The Morgan fingerprint density at radius 1 is 1.11 bits per heavy atom. The van der Waals surface area contributed by atoms with Crippen LogP contribution in [-0.2, 0) is 39.1 Å². The summed E-state index contributed by atoms with van der Waals surface area (Å²) in [5.41, 5.74) is 3.86. The Morgan fingerprint density at radius 2 is 1.89 bits per heavy atom. The summed E-state index contributed by atoms with van der Waals surface area (Å²) in [5, 5.41) is 3.36. The number of rotatable bonds is 9. The van der Waals surface area contributed by atoms with Crippen molar-refractivity contribution in [3.8, 4) is 0 Å². The van der Waals surface area contributed by atoms with Gasteiger partial charge in [-0.15, -0.1) is 0 Å². The summed E-state index contributed by atoms with van der Waals surface area (Å²) in [6, 6.07) is 11.2. The summed E-state index contributed by atoms with van der Waals surface area (Å²) < 4.78 is 35.0. The highest BCUT2D eigenvalue weighted by Gasteiger charge is 2.26. The van der Waals surface area contributed by atoms with Crippen LogP contribution >= 0.6 is 11.6 Å². The number of sulfonamides is 1. The summed E-state index contributed by atoms with van der Waals surface area (Å²) in [6.07, 6.45) is 1.77. The molecule has 1 saturated heterocycles. The average molecular weight is 535 g/mol. The van der Waals surface area contributed by atoms with Crippen molar-refractivity contribution in [2.45, 2.75) is 50.8 Å². The lowest BCUT2D eigenvalue weighted by atomic mass is 10.0. The lowest BCUT2D eigenvalue weighted by molar-refractivity contribution is -0.122. The minimum absolute atomic E-state index is 0.0190. The molecule has 1 amide bonds. The summed E-state index contributed by atoms with van der Waals surface area (Å²) >= 11 is 6.21. The predicted octanol–water partition coefficient (Wildman–Crippen LogP) is 2.93. The maximum Gasteiger partial charge on any atom is 0.242 e. The first kappa shape index (κ1) is 26.9. The van der Waals surface area contributed by atoms with Gasteiger partial charge in [0.2, 0.25) is 15.9 Å². The number of amides is 1. The van der Waals surface area contributed by atoms with E-state index >= 15 is 0 Å². The highest BCUT2D eigenvalue weighted by atomic mass is 35.5. The van der Waals surface area contributed by atoms with E-state index in [2.05, 4.69) is 21.0 Å².